The first-order valence-corrected chi connectivity index (χ1v) is 13.6. The highest BCUT2D eigenvalue weighted by Gasteiger charge is 2.48. The molecule has 3 fully saturated rings. The fraction of sp³-hybridized carbons (Fsp3) is 0.571. The number of hydrogen-bond acceptors (Lipinski definition) is 5. The zero-order valence-electron chi connectivity index (χ0n) is 22.2. The number of hydrogen-bond donors (Lipinski definition) is 3. The first-order valence-electron chi connectivity index (χ1n) is 13.6. The van der Waals surface area contributed by atoms with Gasteiger partial charge < -0.3 is 20.6 Å². The van der Waals surface area contributed by atoms with E-state index in [1.165, 1.54) is 17.0 Å². The highest BCUT2D eigenvalue weighted by molar-refractivity contribution is 6.01. The predicted octanol–water partition coefficient (Wildman–Crippen LogP) is 2.86. The number of likely N-dealkylation sites (tertiary alicyclic amines) is 1. The lowest BCUT2D eigenvalue weighted by molar-refractivity contribution is -0.148. The van der Waals surface area contributed by atoms with E-state index in [-0.39, 0.29) is 43.1 Å². The lowest BCUT2D eigenvalue weighted by Gasteiger charge is -2.43. The highest BCUT2D eigenvalue weighted by atomic mass is 19.1. The zero-order chi connectivity index (χ0) is 27.9. The number of aliphatic hydroxyl groups excluding tert-OH is 1. The van der Waals surface area contributed by atoms with E-state index in [9.17, 15) is 18.8 Å². The Kier molecular flexibility index (Phi) is 7.45. The number of carbonyl (C=O) groups excluding carboxylic acids is 3. The normalized spacial score (nSPS) is 19.1. The van der Waals surface area contributed by atoms with Crippen molar-refractivity contribution >= 4 is 23.4 Å². The summed E-state index contributed by atoms with van der Waals surface area (Å²) in [5, 5.41) is 18.8. The van der Waals surface area contributed by atoms with E-state index >= 15 is 4.39 Å². The number of halogens is 2. The summed E-state index contributed by atoms with van der Waals surface area (Å²) in [5.74, 6) is -1.28. The van der Waals surface area contributed by atoms with Crippen LogP contribution in [0.25, 0.3) is 0 Å². The van der Waals surface area contributed by atoms with Gasteiger partial charge in [-0.05, 0) is 81.0 Å². The van der Waals surface area contributed by atoms with Gasteiger partial charge in [0.2, 0.25) is 11.8 Å². The maximum atomic E-state index is 15.0. The van der Waals surface area contributed by atoms with Gasteiger partial charge in [-0.2, -0.15) is 5.10 Å². The van der Waals surface area contributed by atoms with Gasteiger partial charge in [-0.25, -0.2) is 8.78 Å². The molecule has 0 spiro atoms. The Morgan fingerprint density at radius 3 is 2.36 bits per heavy atom. The van der Waals surface area contributed by atoms with Crippen molar-refractivity contribution in [2.24, 2.45) is 17.8 Å². The summed E-state index contributed by atoms with van der Waals surface area (Å²) in [5.41, 5.74) is -1.06. The van der Waals surface area contributed by atoms with Gasteiger partial charge in [0.05, 0.1) is 31.8 Å². The zero-order valence-corrected chi connectivity index (χ0v) is 22.2. The largest absolute Gasteiger partial charge is 0.393 e. The lowest BCUT2D eigenvalue weighted by atomic mass is 9.88. The maximum absolute atomic E-state index is 15.0. The SMILES string of the molecule is CC(C)n1nccc1C(=O)NC(C(=O)Nc1ccc(CC(=O)N2CC(F)(CO)C2)cc1F)C(C1CC1)C1CC1. The molecule has 1 aliphatic heterocycles. The van der Waals surface area contributed by atoms with Gasteiger partial charge in [0.1, 0.15) is 17.6 Å². The smallest absolute Gasteiger partial charge is 0.270 e. The van der Waals surface area contributed by atoms with Crippen LogP contribution in [0.2, 0.25) is 0 Å². The van der Waals surface area contributed by atoms with Gasteiger partial charge in [0.25, 0.3) is 5.91 Å². The van der Waals surface area contributed by atoms with Crippen LogP contribution in [-0.4, -0.2) is 68.9 Å². The van der Waals surface area contributed by atoms with Crippen molar-refractivity contribution in [3.8, 4) is 0 Å². The molecule has 1 aromatic carbocycles. The minimum Gasteiger partial charge on any atom is -0.393 e. The second-order valence-corrected chi connectivity index (χ2v) is 11.5. The van der Waals surface area contributed by atoms with E-state index in [2.05, 4.69) is 15.7 Å². The standard InChI is InChI=1S/C28H35F2N5O4/c1-16(2)35-22(9-10-31-35)26(38)33-25(24(18-4-5-18)19-6-7-19)27(39)32-21-8-3-17(11-20(21)29)12-23(37)34-13-28(30,14-34)15-36/h3,8-11,16,18-19,24-25,36H,4-7,12-15H2,1-2H3,(H,32,39)(H,33,38). The molecule has 1 unspecified atom stereocenters. The van der Waals surface area contributed by atoms with Crippen molar-refractivity contribution < 1.29 is 28.3 Å². The van der Waals surface area contributed by atoms with E-state index in [1.807, 2.05) is 13.8 Å². The third-order valence-corrected chi connectivity index (χ3v) is 7.91. The monoisotopic (exact) mass is 543 g/mol. The average molecular weight is 544 g/mol. The van der Waals surface area contributed by atoms with Gasteiger partial charge in [0.15, 0.2) is 5.67 Å². The minimum atomic E-state index is -1.77. The van der Waals surface area contributed by atoms with Gasteiger partial charge in [-0.1, -0.05) is 6.07 Å². The number of alkyl halides is 1. The number of carbonyl (C=O) groups is 3. The van der Waals surface area contributed by atoms with Crippen molar-refractivity contribution in [3.05, 3.63) is 47.5 Å². The summed E-state index contributed by atoms with van der Waals surface area (Å²) < 4.78 is 30.5. The summed E-state index contributed by atoms with van der Waals surface area (Å²) in [6.45, 7) is 2.81. The van der Waals surface area contributed by atoms with Gasteiger partial charge >= 0.3 is 0 Å². The molecule has 11 heteroatoms. The molecule has 9 nitrogen and oxygen atoms in total. The number of amides is 3. The van der Waals surface area contributed by atoms with Crippen molar-refractivity contribution in [2.45, 2.75) is 63.7 Å². The molecule has 2 saturated carbocycles. The molecule has 2 heterocycles. The van der Waals surface area contributed by atoms with Crippen LogP contribution in [0, 0.1) is 23.6 Å². The van der Waals surface area contributed by atoms with Crippen LogP contribution >= 0.6 is 0 Å². The number of rotatable bonds is 11. The van der Waals surface area contributed by atoms with Crippen LogP contribution in [-0.2, 0) is 16.0 Å². The topological polar surface area (TPSA) is 117 Å². The number of aliphatic hydroxyl groups is 1. The van der Waals surface area contributed by atoms with Crippen LogP contribution in [0.4, 0.5) is 14.5 Å². The predicted molar refractivity (Wildman–Crippen MR) is 139 cm³/mol. The maximum Gasteiger partial charge on any atom is 0.270 e. The molecule has 3 N–H and O–H groups in total. The van der Waals surface area contributed by atoms with Crippen LogP contribution in [0.3, 0.4) is 0 Å². The molecule has 0 radical (unpaired) electrons. The molecule has 1 atom stereocenters. The second kappa shape index (κ2) is 10.7. The Balaban J connectivity index is 1.28. The van der Waals surface area contributed by atoms with E-state index in [1.54, 1.807) is 23.0 Å². The first-order chi connectivity index (χ1) is 18.6. The van der Waals surface area contributed by atoms with E-state index in [0.717, 1.165) is 25.7 Å². The van der Waals surface area contributed by atoms with E-state index < -0.39 is 35.9 Å². The van der Waals surface area contributed by atoms with Gasteiger partial charge in [-0.3, -0.25) is 19.1 Å². The summed E-state index contributed by atoms with van der Waals surface area (Å²) in [4.78, 5) is 40.5. The number of nitrogens with one attached hydrogen (secondary N) is 2. The van der Waals surface area contributed by atoms with Crippen LogP contribution in [0.15, 0.2) is 30.5 Å². The lowest BCUT2D eigenvalue weighted by Crippen LogP contribution is -2.63. The first kappa shape index (κ1) is 27.2. The summed E-state index contributed by atoms with van der Waals surface area (Å²) in [7, 11) is 0. The van der Waals surface area contributed by atoms with Crippen molar-refractivity contribution in [2.75, 3.05) is 25.0 Å². The van der Waals surface area contributed by atoms with Crippen LogP contribution in [0.5, 0.6) is 0 Å². The molecule has 210 valence electrons. The summed E-state index contributed by atoms with van der Waals surface area (Å²) in [6, 6.07) is 4.87. The van der Waals surface area contributed by atoms with Crippen molar-refractivity contribution in [3.63, 3.8) is 0 Å². The molecule has 1 aromatic heterocycles. The molecular weight excluding hydrogens is 508 g/mol. The Hall–Kier alpha value is -3.34. The van der Waals surface area contributed by atoms with E-state index in [0.29, 0.717) is 23.1 Å². The number of aromatic nitrogens is 2. The highest BCUT2D eigenvalue weighted by Crippen LogP contribution is 2.51. The quantitative estimate of drug-likeness (QED) is 0.403. The van der Waals surface area contributed by atoms with Gasteiger partial charge in [-0.15, -0.1) is 0 Å². The Labute approximate surface area is 225 Å². The molecule has 3 amide bonds. The molecule has 3 aliphatic rings. The number of anilines is 1. The minimum absolute atomic E-state index is 0.0256. The Morgan fingerprint density at radius 2 is 1.79 bits per heavy atom. The average Bonchev–Trinajstić information content (AvgIpc) is 3.82. The molecule has 5 rings (SSSR count). The molecule has 2 aromatic rings. The van der Waals surface area contributed by atoms with Crippen molar-refractivity contribution in [1.29, 1.82) is 0 Å². The fourth-order valence-corrected chi connectivity index (χ4v) is 5.53. The van der Waals surface area contributed by atoms with Crippen LogP contribution < -0.4 is 10.6 Å². The molecule has 39 heavy (non-hydrogen) atoms. The van der Waals surface area contributed by atoms with Crippen LogP contribution in [0.1, 0.15) is 61.6 Å². The Morgan fingerprint density at radius 1 is 1.13 bits per heavy atom. The van der Waals surface area contributed by atoms with E-state index in [4.69, 9.17) is 5.11 Å². The third-order valence-electron chi connectivity index (χ3n) is 7.91. The third kappa shape index (κ3) is 5.98. The summed E-state index contributed by atoms with van der Waals surface area (Å²) in [6.07, 6.45) is 5.43. The second-order valence-electron chi connectivity index (χ2n) is 11.5. The molecule has 1 saturated heterocycles. The Bertz CT molecular complexity index is 1240. The van der Waals surface area contributed by atoms with Gasteiger partial charge in [0, 0.05) is 12.2 Å². The fourth-order valence-electron chi connectivity index (χ4n) is 5.53. The van der Waals surface area contributed by atoms with Crippen molar-refractivity contribution in [1.82, 2.24) is 20.0 Å². The molecule has 2 aliphatic carbocycles. The number of nitrogens with zero attached hydrogens (tertiary/aromatic N) is 3. The summed E-state index contributed by atoms with van der Waals surface area (Å²) >= 11 is 0. The molecular formula is C28H35F2N5O4. The molecule has 0 bridgehead atoms. The number of benzene rings is 1.